The lowest BCUT2D eigenvalue weighted by Crippen LogP contribution is -2.33. The third-order valence-electron chi connectivity index (χ3n) is 2.80. The van der Waals surface area contributed by atoms with Gasteiger partial charge >= 0.3 is 0 Å². The van der Waals surface area contributed by atoms with E-state index in [1.54, 1.807) is 0 Å². The molecule has 6 heteroatoms. The fourth-order valence-corrected chi connectivity index (χ4v) is 3.60. The first-order valence-corrected chi connectivity index (χ1v) is 7.90. The molecule has 0 saturated heterocycles. The van der Waals surface area contributed by atoms with E-state index in [1.807, 2.05) is 13.8 Å². The van der Waals surface area contributed by atoms with Gasteiger partial charge in [0.2, 0.25) is 10.0 Å². The monoisotopic (exact) mass is 288 g/mol. The smallest absolute Gasteiger partial charge is 0.245 e. The Morgan fingerprint density at radius 3 is 2.26 bits per heavy atom. The van der Waals surface area contributed by atoms with Gasteiger partial charge < -0.3 is 5.73 Å². The number of nitrogens with zero attached hydrogens (tertiary/aromatic N) is 1. The van der Waals surface area contributed by atoms with E-state index < -0.39 is 15.8 Å². The normalized spacial score (nSPS) is 12.1. The van der Waals surface area contributed by atoms with Crippen LogP contribution in [-0.4, -0.2) is 25.8 Å². The van der Waals surface area contributed by atoms with E-state index >= 15 is 0 Å². The highest BCUT2D eigenvalue weighted by Gasteiger charge is 2.26. The molecule has 0 aliphatic carbocycles. The molecule has 108 valence electrons. The number of hydrogen-bond donors (Lipinski definition) is 1. The highest BCUT2D eigenvalue weighted by atomic mass is 32.2. The molecule has 0 unspecified atom stereocenters. The lowest BCUT2D eigenvalue weighted by molar-refractivity contribution is 0.406. The van der Waals surface area contributed by atoms with Crippen LogP contribution >= 0.6 is 0 Å². The van der Waals surface area contributed by atoms with Crippen LogP contribution in [0.5, 0.6) is 0 Å². The molecule has 0 fully saturated rings. The summed E-state index contributed by atoms with van der Waals surface area (Å²) in [6.07, 6.45) is 1.38. The Kier molecular flexibility index (Phi) is 5.90. The van der Waals surface area contributed by atoms with Crippen molar-refractivity contribution in [2.45, 2.75) is 38.1 Å². The SMILES string of the molecule is CCCN(CCC)S(=O)(=O)c1cc(CN)ccc1F. The maximum atomic E-state index is 13.8. The second-order valence-corrected chi connectivity index (χ2v) is 6.28. The van der Waals surface area contributed by atoms with E-state index in [9.17, 15) is 12.8 Å². The summed E-state index contributed by atoms with van der Waals surface area (Å²) in [5.74, 6) is -0.727. The highest BCUT2D eigenvalue weighted by Crippen LogP contribution is 2.21. The lowest BCUT2D eigenvalue weighted by Gasteiger charge is -2.21. The molecule has 1 rings (SSSR count). The molecule has 0 saturated carbocycles. The number of benzene rings is 1. The first-order valence-electron chi connectivity index (χ1n) is 6.46. The fourth-order valence-electron chi connectivity index (χ4n) is 1.86. The Morgan fingerprint density at radius 1 is 1.21 bits per heavy atom. The molecule has 0 aliphatic heterocycles. The van der Waals surface area contributed by atoms with Gasteiger partial charge in [0, 0.05) is 19.6 Å². The van der Waals surface area contributed by atoms with Crippen LogP contribution in [0.25, 0.3) is 0 Å². The molecule has 2 N–H and O–H groups in total. The number of nitrogens with two attached hydrogens (primary N) is 1. The van der Waals surface area contributed by atoms with Gasteiger partial charge in [0.05, 0.1) is 0 Å². The van der Waals surface area contributed by atoms with Crippen LogP contribution in [0, 0.1) is 5.82 Å². The van der Waals surface area contributed by atoms with Gasteiger partial charge in [-0.25, -0.2) is 12.8 Å². The minimum Gasteiger partial charge on any atom is -0.326 e. The molecule has 0 atom stereocenters. The first kappa shape index (κ1) is 16.1. The standard InChI is InChI=1S/C13H21FN2O2S/c1-3-7-16(8-4-2)19(17,18)13-9-11(10-15)5-6-12(13)14/h5-6,9H,3-4,7-8,10,15H2,1-2H3. The van der Waals surface area contributed by atoms with Crippen LogP contribution in [0.1, 0.15) is 32.3 Å². The Labute approximate surface area is 114 Å². The van der Waals surface area contributed by atoms with Crippen LogP contribution in [-0.2, 0) is 16.6 Å². The van der Waals surface area contributed by atoms with E-state index in [4.69, 9.17) is 5.73 Å². The molecule has 0 bridgehead atoms. The van der Waals surface area contributed by atoms with Gasteiger partial charge in [-0.3, -0.25) is 0 Å². The van der Waals surface area contributed by atoms with Crippen LogP contribution < -0.4 is 5.73 Å². The predicted molar refractivity (Wildman–Crippen MR) is 73.6 cm³/mol. The van der Waals surface area contributed by atoms with Gasteiger partial charge in [-0.1, -0.05) is 19.9 Å². The lowest BCUT2D eigenvalue weighted by atomic mass is 10.2. The Balaban J connectivity index is 3.23. The van der Waals surface area contributed by atoms with Crippen molar-refractivity contribution < 1.29 is 12.8 Å². The minimum absolute atomic E-state index is 0.185. The molecule has 0 heterocycles. The van der Waals surface area contributed by atoms with Crippen molar-refractivity contribution in [2.75, 3.05) is 13.1 Å². The van der Waals surface area contributed by atoms with Crippen molar-refractivity contribution in [2.24, 2.45) is 5.73 Å². The van der Waals surface area contributed by atoms with Crippen molar-refractivity contribution in [1.29, 1.82) is 0 Å². The molecule has 1 aromatic carbocycles. The van der Waals surface area contributed by atoms with Gasteiger partial charge in [-0.15, -0.1) is 0 Å². The predicted octanol–water partition coefficient (Wildman–Crippen LogP) is 2.10. The van der Waals surface area contributed by atoms with Crippen LogP contribution in [0.4, 0.5) is 4.39 Å². The summed E-state index contributed by atoms with van der Waals surface area (Å²) in [4.78, 5) is -0.280. The highest BCUT2D eigenvalue weighted by molar-refractivity contribution is 7.89. The quantitative estimate of drug-likeness (QED) is 0.835. The summed E-state index contributed by atoms with van der Waals surface area (Å²) < 4.78 is 40.0. The average molecular weight is 288 g/mol. The van der Waals surface area contributed by atoms with Crippen LogP contribution in [0.2, 0.25) is 0 Å². The Morgan fingerprint density at radius 2 is 1.79 bits per heavy atom. The number of rotatable bonds is 7. The van der Waals surface area contributed by atoms with Crippen molar-refractivity contribution in [3.05, 3.63) is 29.6 Å². The third kappa shape index (κ3) is 3.75. The molecule has 0 amide bonds. The average Bonchev–Trinajstić information content (AvgIpc) is 2.39. The summed E-state index contributed by atoms with van der Waals surface area (Å²) in [6.45, 7) is 4.75. The van der Waals surface area contributed by atoms with E-state index in [-0.39, 0.29) is 11.4 Å². The van der Waals surface area contributed by atoms with Gasteiger partial charge in [0.1, 0.15) is 10.7 Å². The van der Waals surface area contributed by atoms with Crippen molar-refractivity contribution in [3.63, 3.8) is 0 Å². The van der Waals surface area contributed by atoms with Gasteiger partial charge in [-0.05, 0) is 30.5 Å². The molecule has 4 nitrogen and oxygen atoms in total. The number of hydrogen-bond acceptors (Lipinski definition) is 3. The zero-order chi connectivity index (χ0) is 14.5. The van der Waals surface area contributed by atoms with E-state index in [0.717, 1.165) is 6.07 Å². The largest absolute Gasteiger partial charge is 0.326 e. The van der Waals surface area contributed by atoms with Gasteiger partial charge in [0.15, 0.2) is 0 Å². The molecule has 0 aromatic heterocycles. The van der Waals surface area contributed by atoms with E-state index in [0.29, 0.717) is 31.5 Å². The summed E-state index contributed by atoms with van der Waals surface area (Å²) in [5, 5.41) is 0. The van der Waals surface area contributed by atoms with Crippen molar-refractivity contribution in [1.82, 2.24) is 4.31 Å². The summed E-state index contributed by atoms with van der Waals surface area (Å²) in [7, 11) is -3.79. The van der Waals surface area contributed by atoms with Crippen LogP contribution in [0.3, 0.4) is 0 Å². The van der Waals surface area contributed by atoms with Gasteiger partial charge in [-0.2, -0.15) is 4.31 Å². The molecular formula is C13H21FN2O2S. The maximum absolute atomic E-state index is 13.8. The van der Waals surface area contributed by atoms with Crippen LogP contribution in [0.15, 0.2) is 23.1 Å². The fraction of sp³-hybridized carbons (Fsp3) is 0.538. The number of sulfonamides is 1. The summed E-state index contributed by atoms with van der Waals surface area (Å²) in [6, 6.07) is 3.98. The Hall–Kier alpha value is -0.980. The summed E-state index contributed by atoms with van der Waals surface area (Å²) in [5.41, 5.74) is 6.08. The molecule has 0 aliphatic rings. The molecular weight excluding hydrogens is 267 g/mol. The first-order chi connectivity index (χ1) is 8.97. The van der Waals surface area contributed by atoms with E-state index in [2.05, 4.69) is 0 Å². The third-order valence-corrected chi connectivity index (χ3v) is 4.71. The molecule has 0 spiro atoms. The second kappa shape index (κ2) is 6.98. The molecule has 19 heavy (non-hydrogen) atoms. The van der Waals surface area contributed by atoms with Gasteiger partial charge in [0.25, 0.3) is 0 Å². The zero-order valence-electron chi connectivity index (χ0n) is 11.4. The van der Waals surface area contributed by atoms with Crippen molar-refractivity contribution >= 4 is 10.0 Å². The number of halogens is 1. The molecule has 0 radical (unpaired) electrons. The Bertz CT molecular complexity index is 511. The maximum Gasteiger partial charge on any atom is 0.245 e. The second-order valence-electron chi connectivity index (χ2n) is 4.37. The minimum atomic E-state index is -3.79. The summed E-state index contributed by atoms with van der Waals surface area (Å²) >= 11 is 0. The molecule has 1 aromatic rings. The zero-order valence-corrected chi connectivity index (χ0v) is 12.2. The van der Waals surface area contributed by atoms with Crippen molar-refractivity contribution in [3.8, 4) is 0 Å². The topological polar surface area (TPSA) is 63.4 Å². The van der Waals surface area contributed by atoms with E-state index in [1.165, 1.54) is 16.4 Å².